The van der Waals surface area contributed by atoms with Gasteiger partial charge in [0.2, 0.25) is 5.91 Å². The van der Waals surface area contributed by atoms with Gasteiger partial charge in [-0.25, -0.2) is 0 Å². The van der Waals surface area contributed by atoms with Crippen LogP contribution in [0.3, 0.4) is 0 Å². The van der Waals surface area contributed by atoms with Gasteiger partial charge in [-0.15, -0.1) is 0 Å². The van der Waals surface area contributed by atoms with Gasteiger partial charge >= 0.3 is 0 Å². The van der Waals surface area contributed by atoms with Crippen molar-refractivity contribution < 1.29 is 4.79 Å². The van der Waals surface area contributed by atoms with Gasteiger partial charge in [0.25, 0.3) is 0 Å². The molecule has 1 aliphatic rings. The minimum Gasteiger partial charge on any atom is -0.340 e. The molecule has 0 saturated carbocycles. The second kappa shape index (κ2) is 5.11. The number of hydrogen-bond donors (Lipinski definition) is 2. The fourth-order valence-electron chi connectivity index (χ4n) is 1.30. The van der Waals surface area contributed by atoms with Gasteiger partial charge in [-0.3, -0.25) is 4.79 Å². The molecule has 0 atom stereocenters. The first-order valence-electron chi connectivity index (χ1n) is 4.47. The molecular weight excluding hydrogens is 154 g/mol. The Balaban J connectivity index is 2.20. The summed E-state index contributed by atoms with van der Waals surface area (Å²) in [6.45, 7) is 4.38. The van der Waals surface area contributed by atoms with E-state index in [-0.39, 0.29) is 5.91 Å². The lowest BCUT2D eigenvalue weighted by molar-refractivity contribution is -0.131. The van der Waals surface area contributed by atoms with Gasteiger partial charge in [-0.05, 0) is 7.05 Å². The second-order valence-electron chi connectivity index (χ2n) is 2.98. The fourth-order valence-corrected chi connectivity index (χ4v) is 1.30. The Morgan fingerprint density at radius 1 is 1.50 bits per heavy atom. The van der Waals surface area contributed by atoms with Gasteiger partial charge < -0.3 is 15.5 Å². The van der Waals surface area contributed by atoms with Gasteiger partial charge in [0.15, 0.2) is 0 Å². The van der Waals surface area contributed by atoms with E-state index in [9.17, 15) is 4.79 Å². The first-order chi connectivity index (χ1) is 5.84. The molecule has 4 nitrogen and oxygen atoms in total. The Bertz CT molecular complexity index is 143. The molecule has 4 heteroatoms. The minimum atomic E-state index is 0.269. The lowest BCUT2D eigenvalue weighted by Gasteiger charge is -2.27. The molecule has 12 heavy (non-hydrogen) atoms. The minimum absolute atomic E-state index is 0.269. The Morgan fingerprint density at radius 2 is 2.17 bits per heavy atom. The highest BCUT2D eigenvalue weighted by atomic mass is 16.2. The standard InChI is InChI=1S/C8H17N3O/c1-9-3-2-8(12)11-6-4-10-5-7-11/h9-10H,2-7H2,1H3. The van der Waals surface area contributed by atoms with Crippen LogP contribution in [0.25, 0.3) is 0 Å². The number of carbonyl (C=O) groups excluding carboxylic acids is 1. The zero-order valence-electron chi connectivity index (χ0n) is 7.60. The number of nitrogens with one attached hydrogen (secondary N) is 2. The fraction of sp³-hybridized carbons (Fsp3) is 0.875. The van der Waals surface area contributed by atoms with Crippen molar-refractivity contribution in [2.24, 2.45) is 0 Å². The molecule has 0 aromatic heterocycles. The molecule has 1 rings (SSSR count). The van der Waals surface area contributed by atoms with Crippen LogP contribution in [0.15, 0.2) is 0 Å². The quantitative estimate of drug-likeness (QED) is 0.574. The SMILES string of the molecule is CNCCC(=O)N1CCNCC1. The van der Waals surface area contributed by atoms with Gasteiger partial charge in [0.1, 0.15) is 0 Å². The molecule has 0 aromatic rings. The maximum absolute atomic E-state index is 11.4. The van der Waals surface area contributed by atoms with E-state index in [1.807, 2.05) is 11.9 Å². The molecule has 0 radical (unpaired) electrons. The summed E-state index contributed by atoms with van der Waals surface area (Å²) in [7, 11) is 1.87. The summed E-state index contributed by atoms with van der Waals surface area (Å²) in [5, 5.41) is 6.19. The number of nitrogens with zero attached hydrogens (tertiary/aromatic N) is 1. The number of amides is 1. The molecule has 1 heterocycles. The van der Waals surface area contributed by atoms with E-state index in [1.54, 1.807) is 0 Å². The molecule has 1 aliphatic heterocycles. The summed E-state index contributed by atoms with van der Waals surface area (Å²) in [6.07, 6.45) is 0.622. The molecule has 0 aliphatic carbocycles. The van der Waals surface area contributed by atoms with Gasteiger partial charge in [0.05, 0.1) is 0 Å². The number of rotatable bonds is 3. The zero-order chi connectivity index (χ0) is 8.81. The Kier molecular flexibility index (Phi) is 4.04. The van der Waals surface area contributed by atoms with E-state index in [2.05, 4.69) is 10.6 Å². The predicted octanol–water partition coefficient (Wildman–Crippen LogP) is -0.972. The van der Waals surface area contributed by atoms with Crippen molar-refractivity contribution in [3.05, 3.63) is 0 Å². The van der Waals surface area contributed by atoms with Crippen LogP contribution in [-0.4, -0.2) is 50.6 Å². The van der Waals surface area contributed by atoms with Crippen LogP contribution < -0.4 is 10.6 Å². The molecule has 1 amide bonds. The van der Waals surface area contributed by atoms with Crippen molar-refractivity contribution in [3.8, 4) is 0 Å². The van der Waals surface area contributed by atoms with Crippen molar-refractivity contribution in [2.75, 3.05) is 39.8 Å². The van der Waals surface area contributed by atoms with E-state index in [0.29, 0.717) is 6.42 Å². The van der Waals surface area contributed by atoms with Crippen LogP contribution in [0.1, 0.15) is 6.42 Å². The lowest BCUT2D eigenvalue weighted by Crippen LogP contribution is -2.46. The molecule has 70 valence electrons. The summed E-state index contributed by atoms with van der Waals surface area (Å²) in [5.41, 5.74) is 0. The topological polar surface area (TPSA) is 44.4 Å². The summed E-state index contributed by atoms with van der Waals surface area (Å²) in [6, 6.07) is 0. The van der Waals surface area contributed by atoms with Gasteiger partial charge in [-0.1, -0.05) is 0 Å². The monoisotopic (exact) mass is 171 g/mol. The Morgan fingerprint density at radius 3 is 2.75 bits per heavy atom. The smallest absolute Gasteiger partial charge is 0.223 e. The predicted molar refractivity (Wildman–Crippen MR) is 48.0 cm³/mol. The van der Waals surface area contributed by atoms with Crippen LogP contribution in [0.5, 0.6) is 0 Å². The molecule has 0 aromatic carbocycles. The van der Waals surface area contributed by atoms with E-state index >= 15 is 0 Å². The van der Waals surface area contributed by atoms with E-state index in [1.165, 1.54) is 0 Å². The molecule has 0 bridgehead atoms. The normalized spacial score (nSPS) is 17.9. The third-order valence-corrected chi connectivity index (χ3v) is 2.06. The molecular formula is C8H17N3O. The van der Waals surface area contributed by atoms with Crippen molar-refractivity contribution >= 4 is 5.91 Å². The lowest BCUT2D eigenvalue weighted by atomic mass is 10.3. The summed E-state index contributed by atoms with van der Waals surface area (Å²) >= 11 is 0. The van der Waals surface area contributed by atoms with Crippen LogP contribution in [0, 0.1) is 0 Å². The number of carbonyl (C=O) groups is 1. The van der Waals surface area contributed by atoms with Crippen molar-refractivity contribution in [1.82, 2.24) is 15.5 Å². The van der Waals surface area contributed by atoms with Gasteiger partial charge in [-0.2, -0.15) is 0 Å². The highest BCUT2D eigenvalue weighted by Gasteiger charge is 2.14. The highest BCUT2D eigenvalue weighted by Crippen LogP contribution is 1.95. The summed E-state index contributed by atoms with van der Waals surface area (Å²) < 4.78 is 0. The zero-order valence-corrected chi connectivity index (χ0v) is 7.60. The molecule has 0 spiro atoms. The van der Waals surface area contributed by atoms with E-state index in [4.69, 9.17) is 0 Å². The Hall–Kier alpha value is -0.610. The summed E-state index contributed by atoms with van der Waals surface area (Å²) in [5.74, 6) is 0.269. The van der Waals surface area contributed by atoms with E-state index in [0.717, 1.165) is 32.7 Å². The van der Waals surface area contributed by atoms with Gasteiger partial charge in [0, 0.05) is 39.1 Å². The Labute approximate surface area is 73.3 Å². The molecule has 1 saturated heterocycles. The van der Waals surface area contributed by atoms with Crippen LogP contribution >= 0.6 is 0 Å². The first kappa shape index (κ1) is 9.48. The maximum Gasteiger partial charge on any atom is 0.223 e. The third-order valence-electron chi connectivity index (χ3n) is 2.06. The van der Waals surface area contributed by atoms with Crippen molar-refractivity contribution in [3.63, 3.8) is 0 Å². The third kappa shape index (κ3) is 2.79. The average molecular weight is 171 g/mol. The number of hydrogen-bond acceptors (Lipinski definition) is 3. The summed E-state index contributed by atoms with van der Waals surface area (Å²) in [4.78, 5) is 13.3. The first-order valence-corrected chi connectivity index (χ1v) is 4.47. The highest BCUT2D eigenvalue weighted by molar-refractivity contribution is 5.76. The average Bonchev–Trinajstić information content (AvgIpc) is 2.15. The second-order valence-corrected chi connectivity index (χ2v) is 2.98. The molecule has 2 N–H and O–H groups in total. The molecule has 1 fully saturated rings. The van der Waals surface area contributed by atoms with Crippen molar-refractivity contribution in [1.29, 1.82) is 0 Å². The van der Waals surface area contributed by atoms with Crippen molar-refractivity contribution in [2.45, 2.75) is 6.42 Å². The maximum atomic E-state index is 11.4. The van der Waals surface area contributed by atoms with E-state index < -0.39 is 0 Å². The number of piperazine rings is 1. The van der Waals surface area contributed by atoms with Crippen LogP contribution in [0.4, 0.5) is 0 Å². The molecule has 0 unspecified atom stereocenters. The van der Waals surface area contributed by atoms with Crippen LogP contribution in [0.2, 0.25) is 0 Å². The largest absolute Gasteiger partial charge is 0.340 e. The van der Waals surface area contributed by atoms with Crippen LogP contribution in [-0.2, 0) is 4.79 Å².